The van der Waals surface area contributed by atoms with E-state index in [2.05, 4.69) is 10.0 Å². The lowest BCUT2D eigenvalue weighted by Gasteiger charge is -2.36. The molecule has 0 amide bonds. The summed E-state index contributed by atoms with van der Waals surface area (Å²) in [7, 11) is 3.84. The van der Waals surface area contributed by atoms with Gasteiger partial charge in [-0.3, -0.25) is 4.90 Å². The van der Waals surface area contributed by atoms with Gasteiger partial charge in [0, 0.05) is 19.5 Å². The number of rotatable bonds is 2. The Labute approximate surface area is 83.3 Å². The number of nitro groups is 1. The predicted molar refractivity (Wildman–Crippen MR) is 53.5 cm³/mol. The van der Waals surface area contributed by atoms with Crippen LogP contribution in [0.4, 0.5) is 0 Å². The zero-order chi connectivity index (χ0) is 10.7. The maximum Gasteiger partial charge on any atom is 0.192 e. The lowest BCUT2D eigenvalue weighted by Crippen LogP contribution is -2.50. The van der Waals surface area contributed by atoms with Crippen molar-refractivity contribution < 1.29 is 5.03 Å². The molecular formula is C8H16N4O2. The van der Waals surface area contributed by atoms with E-state index in [0.29, 0.717) is 12.5 Å². The van der Waals surface area contributed by atoms with Crippen LogP contribution < -0.4 is 0 Å². The van der Waals surface area contributed by atoms with Crippen LogP contribution in [-0.4, -0.2) is 48.0 Å². The van der Waals surface area contributed by atoms with Gasteiger partial charge in [0.1, 0.15) is 0 Å². The highest BCUT2D eigenvalue weighted by molar-refractivity contribution is 5.84. The number of hydrogen-bond donors (Lipinski definition) is 0. The van der Waals surface area contributed by atoms with Gasteiger partial charge in [-0.15, -0.1) is 0 Å². The van der Waals surface area contributed by atoms with Crippen molar-refractivity contribution in [1.82, 2.24) is 9.80 Å². The second-order valence-electron chi connectivity index (χ2n) is 3.68. The van der Waals surface area contributed by atoms with Crippen LogP contribution in [0.15, 0.2) is 5.10 Å². The number of hydrogen-bond acceptors (Lipinski definition) is 3. The normalized spacial score (nSPS) is 26.9. The first-order valence-corrected chi connectivity index (χ1v) is 4.67. The lowest BCUT2D eigenvalue weighted by molar-refractivity contribution is -0.486. The Hall–Kier alpha value is -1.17. The summed E-state index contributed by atoms with van der Waals surface area (Å²) >= 11 is 0. The Bertz CT molecular complexity index is 254. The van der Waals surface area contributed by atoms with Crippen molar-refractivity contribution in [2.75, 3.05) is 27.3 Å². The Kier molecular flexibility index (Phi) is 3.40. The first-order chi connectivity index (χ1) is 6.54. The molecule has 6 heteroatoms. The molecular weight excluding hydrogens is 184 g/mol. The molecule has 0 aliphatic carbocycles. The fraction of sp³-hybridized carbons (Fsp3) is 0.875. The summed E-state index contributed by atoms with van der Waals surface area (Å²) in [5.74, 6) is 0.764. The van der Waals surface area contributed by atoms with E-state index in [1.165, 1.54) is 0 Å². The van der Waals surface area contributed by atoms with E-state index in [-0.39, 0.29) is 5.92 Å². The molecule has 0 aromatic carbocycles. The fourth-order valence-electron chi connectivity index (χ4n) is 1.82. The summed E-state index contributed by atoms with van der Waals surface area (Å²) in [5.41, 5.74) is 0. The third-order valence-electron chi connectivity index (χ3n) is 2.42. The highest BCUT2D eigenvalue weighted by Gasteiger charge is 2.28. The largest absolute Gasteiger partial charge is 0.345 e. The van der Waals surface area contributed by atoms with Gasteiger partial charge in [0.25, 0.3) is 0 Å². The molecule has 0 radical (unpaired) electrons. The average molecular weight is 200 g/mol. The molecule has 1 atom stereocenters. The van der Waals surface area contributed by atoms with Gasteiger partial charge in [-0.1, -0.05) is 6.92 Å². The standard InChI is InChI=1S/C8H16N4O2/c1-4-7-5-10(2)6-11(3)8(7)9-12(13)14/h7H,4-6H2,1-3H3/b9-8+. The van der Waals surface area contributed by atoms with Crippen LogP contribution in [0.25, 0.3) is 0 Å². The average Bonchev–Trinajstić information content (AvgIpc) is 2.08. The summed E-state index contributed by atoms with van der Waals surface area (Å²) in [5, 5.41) is 13.2. The fourth-order valence-corrected chi connectivity index (χ4v) is 1.82. The van der Waals surface area contributed by atoms with E-state index in [0.717, 1.165) is 13.0 Å². The molecule has 1 aliphatic heterocycles. The quantitative estimate of drug-likeness (QED) is 0.479. The Morgan fingerprint density at radius 2 is 2.29 bits per heavy atom. The van der Waals surface area contributed by atoms with E-state index in [9.17, 15) is 10.1 Å². The SMILES string of the molecule is CCC1CN(C)CN(C)/C1=N/[N+](=O)[O-]. The van der Waals surface area contributed by atoms with Crippen LogP contribution in [0.5, 0.6) is 0 Å². The van der Waals surface area contributed by atoms with Crippen molar-refractivity contribution >= 4 is 5.84 Å². The molecule has 0 saturated carbocycles. The molecule has 1 fully saturated rings. The summed E-state index contributed by atoms with van der Waals surface area (Å²) in [6.45, 7) is 3.56. The highest BCUT2D eigenvalue weighted by atomic mass is 16.7. The van der Waals surface area contributed by atoms with Crippen molar-refractivity contribution in [3.63, 3.8) is 0 Å². The molecule has 80 valence electrons. The highest BCUT2D eigenvalue weighted by Crippen LogP contribution is 2.15. The second-order valence-corrected chi connectivity index (χ2v) is 3.68. The van der Waals surface area contributed by atoms with Gasteiger partial charge in [0.15, 0.2) is 10.9 Å². The Morgan fingerprint density at radius 3 is 2.79 bits per heavy atom. The van der Waals surface area contributed by atoms with E-state index >= 15 is 0 Å². The molecule has 1 aliphatic rings. The molecule has 14 heavy (non-hydrogen) atoms. The molecule has 0 spiro atoms. The van der Waals surface area contributed by atoms with Crippen molar-refractivity contribution in [2.24, 2.45) is 11.0 Å². The first kappa shape index (κ1) is 10.9. The van der Waals surface area contributed by atoms with Gasteiger partial charge < -0.3 is 4.90 Å². The number of amidine groups is 1. The van der Waals surface area contributed by atoms with Crippen LogP contribution in [0.3, 0.4) is 0 Å². The van der Waals surface area contributed by atoms with E-state index < -0.39 is 5.03 Å². The molecule has 1 unspecified atom stereocenters. The van der Waals surface area contributed by atoms with E-state index in [1.807, 2.05) is 25.9 Å². The summed E-state index contributed by atoms with van der Waals surface area (Å²) in [4.78, 5) is 14.3. The Balaban J connectivity index is 2.83. The zero-order valence-electron chi connectivity index (χ0n) is 8.80. The second kappa shape index (κ2) is 4.36. The van der Waals surface area contributed by atoms with Gasteiger partial charge in [-0.2, -0.15) is 0 Å². The number of hydrazone groups is 1. The van der Waals surface area contributed by atoms with Crippen molar-refractivity contribution in [3.8, 4) is 0 Å². The first-order valence-electron chi connectivity index (χ1n) is 4.67. The molecule has 0 aromatic rings. The molecule has 0 bridgehead atoms. The van der Waals surface area contributed by atoms with Crippen LogP contribution >= 0.6 is 0 Å². The minimum absolute atomic E-state index is 0.171. The molecule has 0 N–H and O–H groups in total. The molecule has 0 aromatic heterocycles. The van der Waals surface area contributed by atoms with E-state index in [1.54, 1.807) is 0 Å². The van der Waals surface area contributed by atoms with Crippen molar-refractivity contribution in [2.45, 2.75) is 13.3 Å². The minimum atomic E-state index is -0.611. The topological polar surface area (TPSA) is 62.0 Å². The minimum Gasteiger partial charge on any atom is -0.345 e. The molecule has 6 nitrogen and oxygen atoms in total. The summed E-state index contributed by atoms with van der Waals surface area (Å²) in [6, 6.07) is 0. The summed E-state index contributed by atoms with van der Waals surface area (Å²) < 4.78 is 0. The summed E-state index contributed by atoms with van der Waals surface area (Å²) in [6.07, 6.45) is 0.876. The zero-order valence-corrected chi connectivity index (χ0v) is 8.80. The maximum absolute atomic E-state index is 10.3. The third-order valence-corrected chi connectivity index (χ3v) is 2.42. The van der Waals surface area contributed by atoms with Crippen LogP contribution in [0, 0.1) is 16.0 Å². The van der Waals surface area contributed by atoms with Crippen LogP contribution in [0.1, 0.15) is 13.3 Å². The van der Waals surface area contributed by atoms with Gasteiger partial charge in [-0.05, 0) is 13.5 Å². The van der Waals surface area contributed by atoms with E-state index in [4.69, 9.17) is 0 Å². The molecule has 1 rings (SSSR count). The van der Waals surface area contributed by atoms with Crippen molar-refractivity contribution in [3.05, 3.63) is 10.1 Å². The predicted octanol–water partition coefficient (Wildman–Crippen LogP) is 0.438. The van der Waals surface area contributed by atoms with Crippen molar-refractivity contribution in [1.29, 1.82) is 0 Å². The lowest BCUT2D eigenvalue weighted by atomic mass is 10.0. The van der Waals surface area contributed by atoms with Crippen LogP contribution in [-0.2, 0) is 0 Å². The monoisotopic (exact) mass is 200 g/mol. The van der Waals surface area contributed by atoms with Gasteiger partial charge in [0.05, 0.1) is 11.8 Å². The molecule has 1 saturated heterocycles. The van der Waals surface area contributed by atoms with Gasteiger partial charge in [-0.25, -0.2) is 10.1 Å². The Morgan fingerprint density at radius 1 is 1.64 bits per heavy atom. The third kappa shape index (κ3) is 2.41. The smallest absolute Gasteiger partial charge is 0.192 e. The number of nitrogens with zero attached hydrogens (tertiary/aromatic N) is 4. The van der Waals surface area contributed by atoms with Crippen LogP contribution in [0.2, 0.25) is 0 Å². The molecule has 1 heterocycles. The van der Waals surface area contributed by atoms with Gasteiger partial charge >= 0.3 is 0 Å². The maximum atomic E-state index is 10.3. The van der Waals surface area contributed by atoms with Gasteiger partial charge in [0.2, 0.25) is 0 Å².